The number of carbonyl (C=O) groups excluding carboxylic acids is 5. The van der Waals surface area contributed by atoms with Crippen molar-refractivity contribution in [2.45, 2.75) is 25.9 Å². The topological polar surface area (TPSA) is 145 Å². The number of ether oxygens (including phenoxy) is 1. The average Bonchev–Trinajstić information content (AvgIpc) is 2.62. The summed E-state index contributed by atoms with van der Waals surface area (Å²) in [5, 5.41) is 4.27. The molecular weight excluding hydrogens is 406 g/mol. The molecule has 0 bridgehead atoms. The van der Waals surface area contributed by atoms with Crippen LogP contribution < -0.4 is 21.1 Å². The lowest BCUT2D eigenvalue weighted by Crippen LogP contribution is -2.45. The van der Waals surface area contributed by atoms with Crippen LogP contribution in [0.25, 0.3) is 0 Å². The first-order valence-corrected chi connectivity index (χ1v) is 9.69. The number of rotatable bonds is 9. The number of carbonyl (C=O) groups is 5. The number of nitrogens with one attached hydrogen (secondary N) is 2. The molecule has 0 heterocycles. The predicted molar refractivity (Wildman–Crippen MR) is 107 cm³/mol. The monoisotopic (exact) mass is 427 g/mol. The van der Waals surface area contributed by atoms with Crippen LogP contribution in [0.1, 0.15) is 24.2 Å². The number of thiol groups is 1. The van der Waals surface area contributed by atoms with E-state index in [4.69, 9.17) is 10.5 Å². The molecule has 0 fully saturated rings. The molecule has 28 heavy (non-hydrogen) atoms. The van der Waals surface area contributed by atoms with Crippen molar-refractivity contribution >= 4 is 53.2 Å². The van der Waals surface area contributed by atoms with Crippen molar-refractivity contribution in [1.29, 1.82) is 0 Å². The first-order chi connectivity index (χ1) is 13.1. The molecule has 2 atom stereocenters. The predicted octanol–water partition coefficient (Wildman–Crippen LogP) is -0.110. The van der Waals surface area contributed by atoms with Gasteiger partial charge in [0.2, 0.25) is 22.8 Å². The van der Waals surface area contributed by atoms with Gasteiger partial charge in [-0.1, -0.05) is 23.9 Å². The third-order valence-electron chi connectivity index (χ3n) is 3.26. The molecule has 2 unspecified atom stereocenters. The van der Waals surface area contributed by atoms with Gasteiger partial charge in [0.1, 0.15) is 17.8 Å². The zero-order chi connectivity index (χ0) is 21.3. The Bertz CT molecular complexity index is 771. The van der Waals surface area contributed by atoms with Crippen LogP contribution in [-0.4, -0.2) is 52.4 Å². The summed E-state index contributed by atoms with van der Waals surface area (Å²) in [6.07, 6.45) is 0. The Morgan fingerprint density at radius 2 is 1.64 bits per heavy atom. The fourth-order valence-corrected chi connectivity index (χ4v) is 3.14. The highest BCUT2D eigenvalue weighted by atomic mass is 32.2. The molecule has 0 spiro atoms. The second-order valence-corrected chi connectivity index (χ2v) is 6.96. The second-order valence-electron chi connectivity index (χ2n) is 5.61. The highest BCUT2D eigenvalue weighted by Gasteiger charge is 2.24. The maximum absolute atomic E-state index is 12.5. The molecule has 0 aliphatic rings. The summed E-state index contributed by atoms with van der Waals surface area (Å²) in [7, 11) is 0. The Morgan fingerprint density at radius 1 is 1.07 bits per heavy atom. The maximum atomic E-state index is 12.5. The van der Waals surface area contributed by atoms with Gasteiger partial charge in [-0.2, -0.15) is 12.6 Å². The first kappa shape index (κ1) is 23.5. The molecule has 0 aromatic heterocycles. The number of amides is 3. The largest absolute Gasteiger partial charge is 0.424 e. The van der Waals surface area contributed by atoms with E-state index in [0.717, 1.165) is 11.8 Å². The van der Waals surface area contributed by atoms with Gasteiger partial charge in [0.15, 0.2) is 0 Å². The van der Waals surface area contributed by atoms with E-state index in [1.165, 1.54) is 26.0 Å². The van der Waals surface area contributed by atoms with Crippen molar-refractivity contribution in [1.82, 2.24) is 10.6 Å². The summed E-state index contributed by atoms with van der Waals surface area (Å²) < 4.78 is 5.24. The first-order valence-electron chi connectivity index (χ1n) is 8.08. The molecule has 1 aromatic carbocycles. The summed E-state index contributed by atoms with van der Waals surface area (Å²) in [6.45, 7) is 2.48. The van der Waals surface area contributed by atoms with Crippen LogP contribution >= 0.6 is 24.4 Å². The van der Waals surface area contributed by atoms with Crippen molar-refractivity contribution in [3.8, 4) is 5.75 Å². The Morgan fingerprint density at radius 3 is 2.18 bits per heavy atom. The van der Waals surface area contributed by atoms with E-state index in [1.54, 1.807) is 12.1 Å². The minimum atomic E-state index is -1.02. The van der Waals surface area contributed by atoms with Crippen LogP contribution in [0.3, 0.4) is 0 Å². The quantitative estimate of drug-likeness (QED) is 0.244. The number of benzene rings is 1. The molecule has 1 aromatic rings. The molecule has 4 N–H and O–H groups in total. The summed E-state index contributed by atoms with van der Waals surface area (Å²) in [5.74, 6) is -2.50. The van der Waals surface area contributed by atoms with Gasteiger partial charge in [0, 0.05) is 25.4 Å². The Kier molecular flexibility index (Phi) is 9.52. The van der Waals surface area contributed by atoms with E-state index in [9.17, 15) is 24.0 Å². The molecule has 3 amide bonds. The van der Waals surface area contributed by atoms with Gasteiger partial charge in [0.05, 0.1) is 5.56 Å². The van der Waals surface area contributed by atoms with Crippen molar-refractivity contribution in [2.24, 2.45) is 5.73 Å². The van der Waals surface area contributed by atoms with Crippen LogP contribution in [0.2, 0.25) is 0 Å². The highest BCUT2D eigenvalue weighted by molar-refractivity contribution is 8.14. The minimum absolute atomic E-state index is 0.00251. The standard InChI is InChI=1S/C17H21N3O6S2/c1-9(21)19-12(7-27)16(24)26-14-6-4-3-5-11(14)17(25)28-8-13(15(18)23)20-10(2)22/h3-6,12-13,27H,7-8H2,1-2H3,(H2,18,23)(H,19,21)(H,20,22). The molecular formula is C17H21N3O6S2. The molecule has 9 nitrogen and oxygen atoms in total. The molecule has 0 aliphatic carbocycles. The Balaban J connectivity index is 2.88. The number of hydrogen-bond acceptors (Lipinski definition) is 8. The second kappa shape index (κ2) is 11.3. The van der Waals surface area contributed by atoms with Crippen molar-refractivity contribution in [3.05, 3.63) is 29.8 Å². The zero-order valence-electron chi connectivity index (χ0n) is 15.3. The molecule has 0 saturated heterocycles. The van der Waals surface area contributed by atoms with Crippen LogP contribution in [-0.2, 0) is 19.2 Å². The molecule has 0 aliphatic heterocycles. The smallest absolute Gasteiger partial charge is 0.334 e. The lowest BCUT2D eigenvalue weighted by molar-refractivity contribution is -0.138. The molecule has 1 rings (SSSR count). The minimum Gasteiger partial charge on any atom is -0.424 e. The SMILES string of the molecule is CC(=O)NC(CSC(=O)c1ccccc1OC(=O)C(CS)NC(C)=O)C(N)=O. The molecule has 11 heteroatoms. The van der Waals surface area contributed by atoms with E-state index in [0.29, 0.717) is 0 Å². The average molecular weight is 428 g/mol. The number of esters is 1. The maximum Gasteiger partial charge on any atom is 0.334 e. The summed E-state index contributed by atoms with van der Waals surface area (Å²) in [5.41, 5.74) is 5.30. The van der Waals surface area contributed by atoms with Crippen molar-refractivity contribution in [3.63, 3.8) is 0 Å². The number of para-hydroxylation sites is 1. The van der Waals surface area contributed by atoms with Crippen LogP contribution in [0, 0.1) is 0 Å². The summed E-state index contributed by atoms with van der Waals surface area (Å²) in [4.78, 5) is 58.3. The van der Waals surface area contributed by atoms with E-state index in [2.05, 4.69) is 23.3 Å². The van der Waals surface area contributed by atoms with E-state index >= 15 is 0 Å². The molecule has 0 radical (unpaired) electrons. The number of nitrogens with two attached hydrogens (primary N) is 1. The van der Waals surface area contributed by atoms with E-state index in [-0.39, 0.29) is 22.8 Å². The van der Waals surface area contributed by atoms with E-state index < -0.39 is 40.9 Å². The van der Waals surface area contributed by atoms with E-state index in [1.807, 2.05) is 0 Å². The lowest BCUT2D eigenvalue weighted by atomic mass is 10.2. The lowest BCUT2D eigenvalue weighted by Gasteiger charge is -2.16. The highest BCUT2D eigenvalue weighted by Crippen LogP contribution is 2.24. The Hall–Kier alpha value is -2.53. The van der Waals surface area contributed by atoms with Gasteiger partial charge >= 0.3 is 5.97 Å². The third kappa shape index (κ3) is 7.61. The molecule has 0 saturated carbocycles. The van der Waals surface area contributed by atoms with Gasteiger partial charge in [-0.25, -0.2) is 4.79 Å². The fourth-order valence-electron chi connectivity index (χ4n) is 2.01. The van der Waals surface area contributed by atoms with Gasteiger partial charge in [-0.3, -0.25) is 19.2 Å². The van der Waals surface area contributed by atoms with Crippen LogP contribution in [0.4, 0.5) is 0 Å². The van der Waals surface area contributed by atoms with Crippen LogP contribution in [0.5, 0.6) is 5.75 Å². The number of primary amides is 1. The van der Waals surface area contributed by atoms with Crippen LogP contribution in [0.15, 0.2) is 24.3 Å². The number of thioether (sulfide) groups is 1. The summed E-state index contributed by atoms with van der Waals surface area (Å²) >= 11 is 4.74. The van der Waals surface area contributed by atoms with Gasteiger partial charge < -0.3 is 21.1 Å². The van der Waals surface area contributed by atoms with Gasteiger partial charge in [0.25, 0.3) is 0 Å². The van der Waals surface area contributed by atoms with Gasteiger partial charge in [-0.05, 0) is 12.1 Å². The summed E-state index contributed by atoms with van der Waals surface area (Å²) in [6, 6.07) is 4.03. The van der Waals surface area contributed by atoms with Crippen molar-refractivity contribution in [2.75, 3.05) is 11.5 Å². The molecule has 152 valence electrons. The normalized spacial score (nSPS) is 12.4. The zero-order valence-corrected chi connectivity index (χ0v) is 17.0. The van der Waals surface area contributed by atoms with Gasteiger partial charge in [-0.15, -0.1) is 0 Å². The number of hydrogen-bond donors (Lipinski definition) is 4. The fraction of sp³-hybridized carbons (Fsp3) is 0.353. The van der Waals surface area contributed by atoms with Crippen molar-refractivity contribution < 1.29 is 28.7 Å². The third-order valence-corrected chi connectivity index (χ3v) is 4.61. The Labute approximate surface area is 171 Å².